The van der Waals surface area contributed by atoms with Crippen molar-refractivity contribution in [2.45, 2.75) is 39.0 Å². The molecule has 0 unspecified atom stereocenters. The van der Waals surface area contributed by atoms with Crippen LogP contribution in [0.4, 0.5) is 0 Å². The van der Waals surface area contributed by atoms with Crippen LogP contribution in [0.1, 0.15) is 54.1 Å². The fourth-order valence-electron chi connectivity index (χ4n) is 3.32. The van der Waals surface area contributed by atoms with E-state index in [0.717, 1.165) is 42.0 Å². The van der Waals surface area contributed by atoms with E-state index in [4.69, 9.17) is 0 Å². The van der Waals surface area contributed by atoms with Gasteiger partial charge >= 0.3 is 0 Å². The molecule has 0 heterocycles. The molecule has 30 heavy (non-hydrogen) atoms. The smallest absolute Gasteiger partial charge is 0.275 e. The van der Waals surface area contributed by atoms with Gasteiger partial charge in [0.25, 0.3) is 5.91 Å². The highest BCUT2D eigenvalue weighted by atomic mass is 16.3. The summed E-state index contributed by atoms with van der Waals surface area (Å²) in [5, 5.41) is 35.8. The number of nitrogens with one attached hydrogen (secondary N) is 1. The summed E-state index contributed by atoms with van der Waals surface area (Å²) in [7, 11) is 0. The van der Waals surface area contributed by atoms with Gasteiger partial charge in [0.1, 0.15) is 17.2 Å². The highest BCUT2D eigenvalue weighted by Gasteiger charge is 2.12. The van der Waals surface area contributed by atoms with Gasteiger partial charge in [-0.2, -0.15) is 5.10 Å². The second kappa shape index (κ2) is 9.78. The molecule has 3 aromatic carbocycles. The Morgan fingerprint density at radius 3 is 2.40 bits per heavy atom. The summed E-state index contributed by atoms with van der Waals surface area (Å²) in [5.74, 6) is -0.779. The lowest BCUT2D eigenvalue weighted by Crippen LogP contribution is -2.17. The van der Waals surface area contributed by atoms with Gasteiger partial charge in [-0.1, -0.05) is 50.5 Å². The number of aryl methyl sites for hydroxylation is 1. The number of aromatic hydroxyl groups is 3. The molecule has 6 heteroatoms. The molecule has 4 N–H and O–H groups in total. The van der Waals surface area contributed by atoms with E-state index in [1.54, 1.807) is 12.1 Å². The number of hydrazone groups is 1. The Morgan fingerprint density at radius 1 is 0.933 bits per heavy atom. The summed E-state index contributed by atoms with van der Waals surface area (Å²) in [6.45, 7) is 2.14. The Labute approximate surface area is 175 Å². The predicted molar refractivity (Wildman–Crippen MR) is 118 cm³/mol. The minimum atomic E-state index is -0.562. The van der Waals surface area contributed by atoms with Crippen molar-refractivity contribution in [3.63, 3.8) is 0 Å². The first-order valence-corrected chi connectivity index (χ1v) is 10.1. The van der Waals surface area contributed by atoms with Crippen molar-refractivity contribution in [2.75, 3.05) is 0 Å². The fraction of sp³-hybridized carbons (Fsp3) is 0.250. The summed E-state index contributed by atoms with van der Waals surface area (Å²) in [6, 6.07) is 13.5. The van der Waals surface area contributed by atoms with Crippen LogP contribution in [-0.4, -0.2) is 27.4 Å². The fourth-order valence-corrected chi connectivity index (χ4v) is 3.32. The van der Waals surface area contributed by atoms with Crippen LogP contribution in [0.5, 0.6) is 17.2 Å². The molecule has 6 nitrogen and oxygen atoms in total. The van der Waals surface area contributed by atoms with Gasteiger partial charge in [0.05, 0.1) is 11.8 Å². The molecule has 0 saturated heterocycles. The van der Waals surface area contributed by atoms with E-state index in [1.807, 2.05) is 24.3 Å². The maximum absolute atomic E-state index is 12.4. The standard InChI is InChI=1S/C24H26N2O4/c1-2-3-4-5-10-18-11-19(22(28)14-21(18)27)15-25-26-24(30)20-12-16-8-6-7-9-17(16)13-23(20)29/h6-9,11-15,27-29H,2-5,10H2,1H3,(H,26,30)/b25-15+. The lowest BCUT2D eigenvalue weighted by molar-refractivity contribution is 0.0952. The van der Waals surface area contributed by atoms with Crippen molar-refractivity contribution < 1.29 is 20.1 Å². The number of phenols is 3. The molecule has 156 valence electrons. The number of carbonyl (C=O) groups is 1. The Hall–Kier alpha value is -3.54. The molecule has 0 aliphatic carbocycles. The van der Waals surface area contributed by atoms with Crippen LogP contribution in [0.25, 0.3) is 10.8 Å². The lowest BCUT2D eigenvalue weighted by Gasteiger charge is -2.08. The van der Waals surface area contributed by atoms with Crippen LogP contribution >= 0.6 is 0 Å². The van der Waals surface area contributed by atoms with E-state index >= 15 is 0 Å². The number of unbranched alkanes of at least 4 members (excludes halogenated alkanes) is 3. The second-order valence-corrected chi connectivity index (χ2v) is 7.27. The maximum atomic E-state index is 12.4. The van der Waals surface area contributed by atoms with Gasteiger partial charge in [-0.25, -0.2) is 5.43 Å². The Morgan fingerprint density at radius 2 is 1.67 bits per heavy atom. The van der Waals surface area contributed by atoms with Crippen LogP contribution in [0.15, 0.2) is 53.6 Å². The number of nitrogens with zero attached hydrogens (tertiary/aromatic N) is 1. The third-order valence-electron chi connectivity index (χ3n) is 5.01. The first kappa shape index (κ1) is 21.2. The molecule has 0 radical (unpaired) electrons. The van der Waals surface area contributed by atoms with Gasteiger partial charge < -0.3 is 15.3 Å². The van der Waals surface area contributed by atoms with Crippen LogP contribution < -0.4 is 5.43 Å². The summed E-state index contributed by atoms with van der Waals surface area (Å²) in [5.41, 5.74) is 3.60. The van der Waals surface area contributed by atoms with E-state index in [2.05, 4.69) is 17.5 Å². The largest absolute Gasteiger partial charge is 0.508 e. The number of amides is 1. The van der Waals surface area contributed by atoms with Crippen molar-refractivity contribution in [3.05, 3.63) is 65.2 Å². The van der Waals surface area contributed by atoms with Crippen molar-refractivity contribution in [1.29, 1.82) is 0 Å². The summed E-state index contributed by atoms with van der Waals surface area (Å²) in [6.07, 6.45) is 6.31. The van der Waals surface area contributed by atoms with Crippen molar-refractivity contribution in [1.82, 2.24) is 5.43 Å². The van der Waals surface area contributed by atoms with Crippen molar-refractivity contribution >= 4 is 22.9 Å². The number of phenolic OH excluding ortho intramolecular Hbond substituents is 3. The molecular formula is C24H26N2O4. The highest BCUT2D eigenvalue weighted by molar-refractivity contribution is 6.01. The third kappa shape index (κ3) is 5.08. The first-order valence-electron chi connectivity index (χ1n) is 10.1. The molecule has 0 aromatic heterocycles. The minimum absolute atomic E-state index is 0.0475. The normalized spacial score (nSPS) is 11.2. The Bertz CT molecular complexity index is 1080. The number of carbonyl (C=O) groups excluding carboxylic acids is 1. The molecule has 3 rings (SSSR count). The van der Waals surface area contributed by atoms with Gasteiger partial charge in [-0.3, -0.25) is 4.79 Å². The topological polar surface area (TPSA) is 102 Å². The van der Waals surface area contributed by atoms with Gasteiger partial charge in [0.2, 0.25) is 0 Å². The zero-order valence-electron chi connectivity index (χ0n) is 16.9. The van der Waals surface area contributed by atoms with Crippen molar-refractivity contribution in [3.8, 4) is 17.2 Å². The van der Waals surface area contributed by atoms with Crippen LogP contribution in [0.3, 0.4) is 0 Å². The molecule has 0 aliphatic heterocycles. The van der Waals surface area contributed by atoms with Gasteiger partial charge in [-0.05, 0) is 47.4 Å². The Kier molecular flexibility index (Phi) is 6.91. The van der Waals surface area contributed by atoms with Gasteiger partial charge in [-0.15, -0.1) is 0 Å². The highest BCUT2D eigenvalue weighted by Crippen LogP contribution is 2.28. The minimum Gasteiger partial charge on any atom is -0.508 e. The van der Waals surface area contributed by atoms with Crippen LogP contribution in [0, 0.1) is 0 Å². The molecule has 0 saturated carbocycles. The number of hydrogen-bond donors (Lipinski definition) is 4. The Balaban J connectivity index is 1.71. The van der Waals surface area contributed by atoms with E-state index < -0.39 is 5.91 Å². The lowest BCUT2D eigenvalue weighted by atomic mass is 10.0. The average molecular weight is 406 g/mol. The van der Waals surface area contributed by atoms with Crippen molar-refractivity contribution in [2.24, 2.45) is 5.10 Å². The van der Waals surface area contributed by atoms with Gasteiger partial charge in [0.15, 0.2) is 0 Å². The molecule has 0 bridgehead atoms. The SMILES string of the molecule is CCCCCCc1cc(/C=N/NC(=O)c2cc3ccccc3cc2O)c(O)cc1O. The molecule has 0 atom stereocenters. The summed E-state index contributed by atoms with van der Waals surface area (Å²) in [4.78, 5) is 12.4. The predicted octanol–water partition coefficient (Wildman–Crippen LogP) is 4.84. The van der Waals surface area contributed by atoms with Crippen LogP contribution in [0.2, 0.25) is 0 Å². The average Bonchev–Trinajstić information content (AvgIpc) is 2.73. The van der Waals surface area contributed by atoms with Gasteiger partial charge in [0, 0.05) is 11.6 Å². The monoisotopic (exact) mass is 406 g/mol. The molecule has 0 spiro atoms. The molecule has 0 fully saturated rings. The summed E-state index contributed by atoms with van der Waals surface area (Å²) >= 11 is 0. The van der Waals surface area contributed by atoms with Crippen LogP contribution in [-0.2, 0) is 6.42 Å². The van der Waals surface area contributed by atoms with E-state index in [0.29, 0.717) is 12.0 Å². The number of rotatable bonds is 8. The van der Waals surface area contributed by atoms with E-state index in [-0.39, 0.29) is 22.8 Å². The maximum Gasteiger partial charge on any atom is 0.275 e. The number of fused-ring (bicyclic) bond motifs is 1. The number of hydrogen-bond acceptors (Lipinski definition) is 5. The van der Waals surface area contributed by atoms with E-state index in [9.17, 15) is 20.1 Å². The quantitative estimate of drug-likeness (QED) is 0.244. The molecule has 1 amide bonds. The first-order chi connectivity index (χ1) is 14.5. The molecule has 0 aliphatic rings. The second-order valence-electron chi connectivity index (χ2n) is 7.27. The number of benzene rings is 3. The summed E-state index contributed by atoms with van der Waals surface area (Å²) < 4.78 is 0. The molecular weight excluding hydrogens is 380 g/mol. The zero-order chi connectivity index (χ0) is 21.5. The zero-order valence-corrected chi connectivity index (χ0v) is 16.9. The third-order valence-corrected chi connectivity index (χ3v) is 5.01. The molecule has 3 aromatic rings. The van der Waals surface area contributed by atoms with E-state index in [1.165, 1.54) is 18.3 Å².